The Labute approximate surface area is 123 Å². The van der Waals surface area contributed by atoms with Crippen molar-refractivity contribution in [2.75, 3.05) is 26.8 Å². The number of carboxylic acids is 1. The van der Waals surface area contributed by atoms with E-state index in [1.165, 1.54) is 23.3 Å². The topological polar surface area (TPSA) is 78.9 Å². The van der Waals surface area contributed by atoms with Crippen LogP contribution in [0.2, 0.25) is 0 Å². The summed E-state index contributed by atoms with van der Waals surface area (Å²) in [5.41, 5.74) is 0. The number of methoxy groups -OCH3 is 1. The summed E-state index contributed by atoms with van der Waals surface area (Å²) in [5, 5.41) is 11.4. The van der Waals surface area contributed by atoms with Crippen molar-refractivity contribution >= 4 is 39.3 Å². The zero-order valence-corrected chi connectivity index (χ0v) is 12.8. The Hall–Kier alpha value is -1.12. The Morgan fingerprint density at radius 3 is 2.79 bits per heavy atom. The van der Waals surface area contributed by atoms with Crippen LogP contribution < -0.4 is 5.32 Å². The molecule has 0 aliphatic rings. The van der Waals surface area contributed by atoms with Crippen molar-refractivity contribution in [1.29, 1.82) is 0 Å². The number of urea groups is 1. The number of aliphatic carboxylic acids is 1. The fourth-order valence-corrected chi connectivity index (χ4v) is 2.76. The summed E-state index contributed by atoms with van der Waals surface area (Å²) in [5.74, 6) is -1.05. The van der Waals surface area contributed by atoms with Crippen LogP contribution >= 0.6 is 27.3 Å². The van der Waals surface area contributed by atoms with Gasteiger partial charge in [-0.05, 0) is 28.1 Å². The molecular formula is C11H15BrN2O4S. The molecule has 0 radical (unpaired) electrons. The lowest BCUT2D eigenvalue weighted by Crippen LogP contribution is -2.43. The predicted molar refractivity (Wildman–Crippen MR) is 75.3 cm³/mol. The van der Waals surface area contributed by atoms with Gasteiger partial charge in [-0.2, -0.15) is 0 Å². The molecule has 0 bridgehead atoms. The largest absolute Gasteiger partial charge is 0.480 e. The van der Waals surface area contributed by atoms with Gasteiger partial charge in [0.25, 0.3) is 0 Å². The van der Waals surface area contributed by atoms with Gasteiger partial charge in [0.1, 0.15) is 6.54 Å². The SMILES string of the molecule is COCCN(CC(=O)O)C(=O)NCc1ccc(Br)s1. The number of nitrogens with zero attached hydrogens (tertiary/aromatic N) is 1. The van der Waals surface area contributed by atoms with Gasteiger partial charge in [-0.3, -0.25) is 4.79 Å². The maximum absolute atomic E-state index is 11.9. The first-order valence-electron chi connectivity index (χ1n) is 5.50. The standard InChI is InChI=1S/C11H15BrN2O4S/c1-18-5-4-14(7-10(15)16)11(17)13-6-8-2-3-9(12)19-8/h2-3H,4-7H2,1H3,(H,13,17)(H,15,16). The van der Waals surface area contributed by atoms with E-state index in [1.807, 2.05) is 12.1 Å². The summed E-state index contributed by atoms with van der Waals surface area (Å²) in [6.07, 6.45) is 0. The van der Waals surface area contributed by atoms with Crippen molar-refractivity contribution in [2.45, 2.75) is 6.54 Å². The minimum Gasteiger partial charge on any atom is -0.480 e. The molecule has 19 heavy (non-hydrogen) atoms. The minimum atomic E-state index is -1.05. The summed E-state index contributed by atoms with van der Waals surface area (Å²) in [4.78, 5) is 24.7. The van der Waals surface area contributed by atoms with Gasteiger partial charge in [-0.1, -0.05) is 0 Å². The number of hydrogen-bond acceptors (Lipinski definition) is 4. The van der Waals surface area contributed by atoms with E-state index in [0.717, 1.165) is 8.66 Å². The molecule has 2 amide bonds. The number of halogens is 1. The van der Waals surface area contributed by atoms with E-state index in [9.17, 15) is 9.59 Å². The second-order valence-electron chi connectivity index (χ2n) is 3.67. The monoisotopic (exact) mass is 350 g/mol. The van der Waals surface area contributed by atoms with E-state index in [0.29, 0.717) is 13.2 Å². The van der Waals surface area contributed by atoms with Gasteiger partial charge in [0.05, 0.1) is 16.9 Å². The Kier molecular flexibility index (Phi) is 6.82. The molecule has 0 fully saturated rings. The number of nitrogens with one attached hydrogen (secondary N) is 1. The van der Waals surface area contributed by atoms with Gasteiger partial charge in [-0.25, -0.2) is 4.79 Å². The van der Waals surface area contributed by atoms with Gasteiger partial charge in [-0.15, -0.1) is 11.3 Å². The second-order valence-corrected chi connectivity index (χ2v) is 6.22. The third-order valence-corrected chi connectivity index (χ3v) is 3.85. The Balaban J connectivity index is 2.48. The first kappa shape index (κ1) is 15.9. The summed E-state index contributed by atoms with van der Waals surface area (Å²) < 4.78 is 5.84. The summed E-state index contributed by atoms with van der Waals surface area (Å²) in [6.45, 7) is 0.565. The average molecular weight is 351 g/mol. The average Bonchev–Trinajstić information content (AvgIpc) is 2.77. The van der Waals surface area contributed by atoms with Crippen LogP contribution in [0.4, 0.5) is 4.79 Å². The van der Waals surface area contributed by atoms with Crippen molar-refractivity contribution in [1.82, 2.24) is 10.2 Å². The second kappa shape index (κ2) is 8.13. The molecule has 0 aliphatic carbocycles. The van der Waals surface area contributed by atoms with E-state index in [1.54, 1.807) is 0 Å². The molecule has 0 saturated heterocycles. The lowest BCUT2D eigenvalue weighted by atomic mass is 10.4. The highest BCUT2D eigenvalue weighted by molar-refractivity contribution is 9.11. The predicted octanol–water partition coefficient (Wildman–Crippen LogP) is 1.75. The number of thiophene rings is 1. The summed E-state index contributed by atoms with van der Waals surface area (Å²) in [6, 6.07) is 3.38. The van der Waals surface area contributed by atoms with Crippen LogP contribution in [0, 0.1) is 0 Å². The highest BCUT2D eigenvalue weighted by atomic mass is 79.9. The molecule has 2 N–H and O–H groups in total. The summed E-state index contributed by atoms with van der Waals surface area (Å²) in [7, 11) is 1.50. The number of rotatable bonds is 7. The lowest BCUT2D eigenvalue weighted by Gasteiger charge is -2.20. The van der Waals surface area contributed by atoms with Crippen molar-refractivity contribution in [2.24, 2.45) is 0 Å². The highest BCUT2D eigenvalue weighted by Gasteiger charge is 2.16. The van der Waals surface area contributed by atoms with Crippen molar-refractivity contribution in [3.05, 3.63) is 20.8 Å². The molecule has 1 heterocycles. The molecule has 1 aromatic rings. The van der Waals surface area contributed by atoms with Crippen LogP contribution in [-0.2, 0) is 16.1 Å². The van der Waals surface area contributed by atoms with E-state index < -0.39 is 12.0 Å². The molecule has 0 atom stereocenters. The summed E-state index contributed by atoms with van der Waals surface area (Å²) >= 11 is 4.85. The molecule has 0 aliphatic heterocycles. The molecule has 8 heteroatoms. The Morgan fingerprint density at radius 1 is 1.53 bits per heavy atom. The van der Waals surface area contributed by atoms with Crippen LogP contribution in [0.25, 0.3) is 0 Å². The zero-order valence-electron chi connectivity index (χ0n) is 10.4. The molecule has 106 valence electrons. The highest BCUT2D eigenvalue weighted by Crippen LogP contribution is 2.21. The molecule has 1 rings (SSSR count). The van der Waals surface area contributed by atoms with E-state index >= 15 is 0 Å². The van der Waals surface area contributed by atoms with Gasteiger partial charge < -0.3 is 20.1 Å². The Bertz CT molecular complexity index is 438. The fourth-order valence-electron chi connectivity index (χ4n) is 1.34. The van der Waals surface area contributed by atoms with Crippen molar-refractivity contribution in [3.63, 3.8) is 0 Å². The van der Waals surface area contributed by atoms with Gasteiger partial charge >= 0.3 is 12.0 Å². The zero-order chi connectivity index (χ0) is 14.3. The van der Waals surface area contributed by atoms with E-state index in [-0.39, 0.29) is 13.1 Å². The molecule has 0 spiro atoms. The smallest absolute Gasteiger partial charge is 0.323 e. The van der Waals surface area contributed by atoms with E-state index in [4.69, 9.17) is 9.84 Å². The van der Waals surface area contributed by atoms with Crippen LogP contribution in [-0.4, -0.2) is 48.8 Å². The first-order chi connectivity index (χ1) is 9.02. The molecule has 0 saturated carbocycles. The van der Waals surface area contributed by atoms with Gasteiger partial charge in [0.2, 0.25) is 0 Å². The maximum atomic E-state index is 11.9. The van der Waals surface area contributed by atoms with Gasteiger partial charge in [0, 0.05) is 18.5 Å². The number of carbonyl (C=O) groups is 2. The fraction of sp³-hybridized carbons (Fsp3) is 0.455. The number of amides is 2. The number of hydrogen-bond donors (Lipinski definition) is 2. The third-order valence-electron chi connectivity index (χ3n) is 2.22. The molecule has 1 aromatic heterocycles. The van der Waals surface area contributed by atoms with Crippen LogP contribution in [0.1, 0.15) is 4.88 Å². The maximum Gasteiger partial charge on any atom is 0.323 e. The number of carbonyl (C=O) groups excluding carboxylic acids is 1. The van der Waals surface area contributed by atoms with Crippen LogP contribution in [0.3, 0.4) is 0 Å². The van der Waals surface area contributed by atoms with Gasteiger partial charge in [0.15, 0.2) is 0 Å². The Morgan fingerprint density at radius 2 is 2.26 bits per heavy atom. The number of carboxylic acid groups (broad SMARTS) is 1. The lowest BCUT2D eigenvalue weighted by molar-refractivity contribution is -0.137. The van der Waals surface area contributed by atoms with Crippen molar-refractivity contribution < 1.29 is 19.4 Å². The first-order valence-corrected chi connectivity index (χ1v) is 7.11. The molecular weight excluding hydrogens is 336 g/mol. The normalized spacial score (nSPS) is 10.2. The number of ether oxygens (including phenoxy) is 1. The van der Waals surface area contributed by atoms with Crippen LogP contribution in [0.5, 0.6) is 0 Å². The molecule has 6 nitrogen and oxygen atoms in total. The van der Waals surface area contributed by atoms with Crippen LogP contribution in [0.15, 0.2) is 15.9 Å². The van der Waals surface area contributed by atoms with Crippen molar-refractivity contribution in [3.8, 4) is 0 Å². The minimum absolute atomic E-state index is 0.239. The molecule has 0 aromatic carbocycles. The third kappa shape index (κ3) is 6.04. The van der Waals surface area contributed by atoms with E-state index in [2.05, 4.69) is 21.2 Å². The molecule has 0 unspecified atom stereocenters. The quantitative estimate of drug-likeness (QED) is 0.785.